The van der Waals surface area contributed by atoms with Crippen molar-refractivity contribution in [2.45, 2.75) is 0 Å². The van der Waals surface area contributed by atoms with Gasteiger partial charge in [0, 0.05) is 25.1 Å². The maximum absolute atomic E-state index is 13.3. The van der Waals surface area contributed by atoms with Crippen LogP contribution in [0.2, 0.25) is 0 Å². The molecule has 106 valence electrons. The minimum Gasteiger partial charge on any atom is -0.396 e. The number of anilines is 2. The van der Waals surface area contributed by atoms with E-state index in [1.807, 2.05) is 0 Å². The average molecular weight is 302 g/mol. The second-order valence-electron chi connectivity index (χ2n) is 4.40. The van der Waals surface area contributed by atoms with E-state index >= 15 is 0 Å². The second-order valence-corrected chi connectivity index (χ2v) is 5.40. The van der Waals surface area contributed by atoms with Crippen LogP contribution in [0, 0.1) is 5.82 Å². The Morgan fingerprint density at radius 2 is 2.10 bits per heavy atom. The summed E-state index contributed by atoms with van der Waals surface area (Å²) < 4.78 is 13.3. The third kappa shape index (κ3) is 2.31. The van der Waals surface area contributed by atoms with Crippen molar-refractivity contribution >= 4 is 39.0 Å². The Balaban J connectivity index is 2.02. The lowest BCUT2D eigenvalue weighted by Gasteiger charge is -2.16. The van der Waals surface area contributed by atoms with Crippen LogP contribution in [0.15, 0.2) is 36.7 Å². The summed E-state index contributed by atoms with van der Waals surface area (Å²) in [5.74, 6) is -0.720. The van der Waals surface area contributed by atoms with Crippen molar-refractivity contribution in [3.63, 3.8) is 0 Å². The Hall–Kier alpha value is -2.54. The van der Waals surface area contributed by atoms with Gasteiger partial charge < -0.3 is 10.6 Å². The fourth-order valence-corrected chi connectivity index (χ4v) is 2.95. The van der Waals surface area contributed by atoms with E-state index in [0.717, 1.165) is 0 Å². The lowest BCUT2D eigenvalue weighted by Crippen LogP contribution is -2.26. The van der Waals surface area contributed by atoms with Crippen molar-refractivity contribution in [1.82, 2.24) is 9.97 Å². The largest absolute Gasteiger partial charge is 0.396 e. The first kappa shape index (κ1) is 13.4. The zero-order valence-electron chi connectivity index (χ0n) is 11.1. The van der Waals surface area contributed by atoms with Crippen molar-refractivity contribution in [1.29, 1.82) is 0 Å². The number of carbonyl (C=O) groups is 1. The molecule has 1 amide bonds. The van der Waals surface area contributed by atoms with Crippen LogP contribution < -0.4 is 10.6 Å². The molecule has 0 bridgehead atoms. The molecule has 2 aromatic heterocycles. The molecule has 0 saturated heterocycles. The number of aromatic nitrogens is 2. The van der Waals surface area contributed by atoms with Crippen LogP contribution in [0.25, 0.3) is 10.3 Å². The van der Waals surface area contributed by atoms with Crippen LogP contribution in [0.4, 0.5) is 15.8 Å². The van der Waals surface area contributed by atoms with Crippen molar-refractivity contribution in [3.8, 4) is 0 Å². The van der Waals surface area contributed by atoms with Gasteiger partial charge in [0.15, 0.2) is 0 Å². The highest BCUT2D eigenvalue weighted by molar-refractivity contribution is 7.21. The number of hydrogen-bond acceptors (Lipinski definition) is 5. The predicted octanol–water partition coefficient (Wildman–Crippen LogP) is 2.69. The molecule has 5 nitrogen and oxygen atoms in total. The fraction of sp³-hybridized carbons (Fsp3) is 0.0714. The van der Waals surface area contributed by atoms with E-state index in [1.165, 1.54) is 34.6 Å². The third-order valence-electron chi connectivity index (χ3n) is 3.06. The average Bonchev–Trinajstić information content (AvgIpc) is 2.83. The maximum atomic E-state index is 13.3. The number of nitrogen functional groups attached to an aromatic ring is 1. The van der Waals surface area contributed by atoms with Gasteiger partial charge in [-0.1, -0.05) is 6.07 Å². The minimum absolute atomic E-state index is 0.302. The Morgan fingerprint density at radius 3 is 2.81 bits per heavy atom. The lowest BCUT2D eigenvalue weighted by molar-refractivity contribution is 0.0997. The van der Waals surface area contributed by atoms with Crippen LogP contribution in [0.1, 0.15) is 9.67 Å². The van der Waals surface area contributed by atoms with Gasteiger partial charge in [-0.15, -0.1) is 11.3 Å². The first-order valence-electron chi connectivity index (χ1n) is 6.10. The van der Waals surface area contributed by atoms with Crippen LogP contribution in [-0.4, -0.2) is 22.9 Å². The summed E-state index contributed by atoms with van der Waals surface area (Å²) in [4.78, 5) is 23.1. The van der Waals surface area contributed by atoms with E-state index in [9.17, 15) is 9.18 Å². The molecule has 0 spiro atoms. The molecule has 0 saturated carbocycles. The Kier molecular flexibility index (Phi) is 3.26. The summed E-state index contributed by atoms with van der Waals surface area (Å²) in [7, 11) is 1.57. The van der Waals surface area contributed by atoms with E-state index in [4.69, 9.17) is 5.73 Å². The number of benzene rings is 1. The second kappa shape index (κ2) is 5.10. The zero-order valence-corrected chi connectivity index (χ0v) is 11.9. The van der Waals surface area contributed by atoms with E-state index in [0.29, 0.717) is 26.6 Å². The van der Waals surface area contributed by atoms with Crippen LogP contribution in [0.3, 0.4) is 0 Å². The SMILES string of the molecule is CN(C(=O)c1sc2nccnc2c1N)c1cccc(F)c1. The molecule has 1 aromatic carbocycles. The highest BCUT2D eigenvalue weighted by atomic mass is 32.1. The number of nitrogens with zero attached hydrogens (tertiary/aromatic N) is 3. The molecule has 0 unspecified atom stereocenters. The molecule has 21 heavy (non-hydrogen) atoms. The molecule has 7 heteroatoms. The van der Waals surface area contributed by atoms with Crippen LogP contribution in [0.5, 0.6) is 0 Å². The molecular formula is C14H11FN4OS. The summed E-state index contributed by atoms with van der Waals surface area (Å²) in [6.45, 7) is 0. The molecular weight excluding hydrogens is 291 g/mol. The lowest BCUT2D eigenvalue weighted by atomic mass is 10.2. The van der Waals surface area contributed by atoms with Gasteiger partial charge in [0.05, 0.1) is 5.69 Å². The summed E-state index contributed by atoms with van der Waals surface area (Å²) in [6, 6.07) is 5.81. The van der Waals surface area contributed by atoms with Gasteiger partial charge in [-0.3, -0.25) is 4.79 Å². The quantitative estimate of drug-likeness (QED) is 0.790. The number of carbonyl (C=O) groups excluding carboxylic acids is 1. The number of fused-ring (bicyclic) bond motifs is 1. The molecule has 0 radical (unpaired) electrons. The van der Waals surface area contributed by atoms with Gasteiger partial charge in [0.2, 0.25) is 0 Å². The summed E-state index contributed by atoms with van der Waals surface area (Å²) >= 11 is 1.18. The fourth-order valence-electron chi connectivity index (χ4n) is 1.96. The molecule has 0 aliphatic heterocycles. The summed E-state index contributed by atoms with van der Waals surface area (Å²) in [5.41, 5.74) is 7.24. The molecule has 0 aliphatic carbocycles. The van der Waals surface area contributed by atoms with Gasteiger partial charge >= 0.3 is 0 Å². The Morgan fingerprint density at radius 1 is 1.33 bits per heavy atom. The number of hydrogen-bond donors (Lipinski definition) is 1. The van der Waals surface area contributed by atoms with Crippen LogP contribution >= 0.6 is 11.3 Å². The van der Waals surface area contributed by atoms with Gasteiger partial charge in [-0.25, -0.2) is 14.4 Å². The first-order valence-corrected chi connectivity index (χ1v) is 6.92. The van der Waals surface area contributed by atoms with Crippen molar-refractivity contribution in [2.24, 2.45) is 0 Å². The standard InChI is InChI=1S/C14H11FN4OS/c1-19(9-4-2-3-8(15)7-9)14(20)12-10(16)11-13(21-12)18-6-5-17-11/h2-7H,16H2,1H3. The summed E-state index contributed by atoms with van der Waals surface area (Å²) in [5, 5.41) is 0. The number of thiophene rings is 1. The summed E-state index contributed by atoms with van der Waals surface area (Å²) in [6.07, 6.45) is 3.07. The van der Waals surface area contributed by atoms with E-state index in [2.05, 4.69) is 9.97 Å². The minimum atomic E-state index is -0.403. The van der Waals surface area contributed by atoms with Gasteiger partial charge in [-0.05, 0) is 18.2 Å². The van der Waals surface area contributed by atoms with E-state index in [1.54, 1.807) is 25.4 Å². The van der Waals surface area contributed by atoms with Gasteiger partial charge in [0.1, 0.15) is 21.0 Å². The number of halogens is 1. The first-order chi connectivity index (χ1) is 10.1. The topological polar surface area (TPSA) is 72.1 Å². The van der Waals surface area contributed by atoms with Crippen molar-refractivity contribution in [2.75, 3.05) is 17.7 Å². The van der Waals surface area contributed by atoms with E-state index < -0.39 is 5.82 Å². The van der Waals surface area contributed by atoms with Crippen molar-refractivity contribution in [3.05, 3.63) is 47.4 Å². The highest BCUT2D eigenvalue weighted by Gasteiger charge is 2.22. The van der Waals surface area contributed by atoms with E-state index in [-0.39, 0.29) is 5.91 Å². The normalized spacial score (nSPS) is 10.8. The molecule has 3 aromatic rings. The molecule has 3 rings (SSSR count). The van der Waals surface area contributed by atoms with Crippen molar-refractivity contribution < 1.29 is 9.18 Å². The van der Waals surface area contributed by atoms with Gasteiger partial charge in [-0.2, -0.15) is 0 Å². The zero-order chi connectivity index (χ0) is 15.0. The van der Waals surface area contributed by atoms with Gasteiger partial charge in [0.25, 0.3) is 5.91 Å². The molecule has 2 N–H and O–H groups in total. The Labute approximate surface area is 123 Å². The predicted molar refractivity (Wildman–Crippen MR) is 81.0 cm³/mol. The third-order valence-corrected chi connectivity index (χ3v) is 4.15. The number of rotatable bonds is 2. The number of nitrogens with two attached hydrogens (primary N) is 1. The Bertz CT molecular complexity index is 833. The number of amides is 1. The smallest absolute Gasteiger partial charge is 0.270 e. The van der Waals surface area contributed by atoms with Crippen LogP contribution in [-0.2, 0) is 0 Å². The maximum Gasteiger partial charge on any atom is 0.270 e. The highest BCUT2D eigenvalue weighted by Crippen LogP contribution is 2.32. The molecule has 2 heterocycles. The monoisotopic (exact) mass is 302 g/mol. The molecule has 0 atom stereocenters. The molecule has 0 fully saturated rings. The molecule has 0 aliphatic rings.